The van der Waals surface area contributed by atoms with Crippen molar-refractivity contribution in [2.75, 3.05) is 6.54 Å². The third kappa shape index (κ3) is 3.91. The van der Waals surface area contributed by atoms with Gasteiger partial charge in [-0.2, -0.15) is 0 Å². The van der Waals surface area contributed by atoms with E-state index in [9.17, 15) is 19.1 Å². The standard InChI is InChI=1S/C21H22FNO4/c1-12(24)14-6-9-18-16(10-14)19(20(26)21(2,3)27-18)23-11-17(25)13-4-7-15(22)8-5-13/h4-10,19-20,23,26H,11H2,1-3H3/t19-,20+/m1/s1. The van der Waals surface area contributed by atoms with E-state index in [1.807, 2.05) is 0 Å². The number of ether oxygens (including phenoxy) is 1. The average molecular weight is 371 g/mol. The molecule has 27 heavy (non-hydrogen) atoms. The highest BCUT2D eigenvalue weighted by Gasteiger charge is 2.43. The number of fused-ring (bicyclic) bond motifs is 1. The van der Waals surface area contributed by atoms with Crippen LogP contribution in [0.4, 0.5) is 4.39 Å². The van der Waals surface area contributed by atoms with Crippen molar-refractivity contribution in [3.8, 4) is 5.75 Å². The summed E-state index contributed by atoms with van der Waals surface area (Å²) in [6.07, 6.45) is -0.937. The molecule has 142 valence electrons. The van der Waals surface area contributed by atoms with E-state index in [-0.39, 0.29) is 18.1 Å². The second-order valence-corrected chi connectivity index (χ2v) is 7.25. The van der Waals surface area contributed by atoms with Crippen molar-refractivity contribution >= 4 is 11.6 Å². The van der Waals surface area contributed by atoms with Crippen LogP contribution in [0, 0.1) is 5.82 Å². The Kier molecular flexibility index (Phi) is 5.13. The number of nitrogens with one attached hydrogen (secondary N) is 1. The van der Waals surface area contributed by atoms with Crippen molar-refractivity contribution in [3.05, 3.63) is 65.0 Å². The lowest BCUT2D eigenvalue weighted by Crippen LogP contribution is -2.53. The van der Waals surface area contributed by atoms with Gasteiger partial charge in [0.1, 0.15) is 23.3 Å². The number of hydrogen-bond acceptors (Lipinski definition) is 5. The van der Waals surface area contributed by atoms with Crippen molar-refractivity contribution in [2.45, 2.75) is 38.5 Å². The predicted octanol–water partition coefficient (Wildman–Crippen LogP) is 3.07. The van der Waals surface area contributed by atoms with Crippen molar-refractivity contribution in [2.24, 2.45) is 0 Å². The third-order valence-corrected chi connectivity index (χ3v) is 4.80. The quantitative estimate of drug-likeness (QED) is 0.790. The number of hydrogen-bond donors (Lipinski definition) is 2. The fraction of sp³-hybridized carbons (Fsp3) is 0.333. The number of carbonyl (C=O) groups excluding carboxylic acids is 2. The molecule has 1 heterocycles. The highest BCUT2D eigenvalue weighted by Crippen LogP contribution is 2.40. The molecule has 1 aliphatic rings. The average Bonchev–Trinajstić information content (AvgIpc) is 2.62. The van der Waals surface area contributed by atoms with Gasteiger partial charge in [0.25, 0.3) is 0 Å². The summed E-state index contributed by atoms with van der Waals surface area (Å²) >= 11 is 0. The monoisotopic (exact) mass is 371 g/mol. The Morgan fingerprint density at radius 1 is 1.15 bits per heavy atom. The Labute approximate surface area is 157 Å². The van der Waals surface area contributed by atoms with Crippen molar-refractivity contribution in [1.29, 1.82) is 0 Å². The summed E-state index contributed by atoms with van der Waals surface area (Å²) in [6.45, 7) is 4.94. The summed E-state index contributed by atoms with van der Waals surface area (Å²) in [7, 11) is 0. The van der Waals surface area contributed by atoms with Gasteiger partial charge in [-0.3, -0.25) is 9.59 Å². The molecule has 2 atom stereocenters. The molecular weight excluding hydrogens is 349 g/mol. The number of halogens is 1. The van der Waals surface area contributed by atoms with Crippen molar-refractivity contribution < 1.29 is 23.8 Å². The highest BCUT2D eigenvalue weighted by molar-refractivity contribution is 5.97. The molecule has 0 amide bonds. The van der Waals surface area contributed by atoms with Gasteiger partial charge in [0.15, 0.2) is 11.6 Å². The summed E-state index contributed by atoms with van der Waals surface area (Å²) < 4.78 is 18.9. The molecule has 1 aliphatic heterocycles. The van der Waals surface area contributed by atoms with Crippen LogP contribution in [0.3, 0.4) is 0 Å². The molecule has 0 fully saturated rings. The number of aliphatic hydroxyl groups excluding tert-OH is 1. The molecule has 0 spiro atoms. The van der Waals surface area contributed by atoms with E-state index in [0.717, 1.165) is 0 Å². The van der Waals surface area contributed by atoms with E-state index in [2.05, 4.69) is 5.32 Å². The minimum absolute atomic E-state index is 0.0484. The molecule has 0 aliphatic carbocycles. The Morgan fingerprint density at radius 2 is 1.78 bits per heavy atom. The maximum atomic E-state index is 13.0. The summed E-state index contributed by atoms with van der Waals surface area (Å²) in [4.78, 5) is 24.1. The zero-order valence-corrected chi connectivity index (χ0v) is 15.5. The molecule has 0 bridgehead atoms. The molecule has 3 rings (SSSR count). The molecule has 6 heteroatoms. The lowest BCUT2D eigenvalue weighted by molar-refractivity contribution is -0.0640. The van der Waals surface area contributed by atoms with Gasteiger partial charge in [-0.1, -0.05) is 0 Å². The molecule has 2 aromatic rings. The Balaban J connectivity index is 1.86. The van der Waals surface area contributed by atoms with Crippen LogP contribution in [-0.4, -0.2) is 34.9 Å². The Bertz CT molecular complexity index is 876. The number of ketones is 2. The zero-order valence-electron chi connectivity index (χ0n) is 15.5. The number of benzene rings is 2. The normalized spacial score (nSPS) is 20.5. The summed E-state index contributed by atoms with van der Waals surface area (Å²) in [5, 5.41) is 13.8. The summed E-state index contributed by atoms with van der Waals surface area (Å²) in [6, 6.07) is 9.77. The van der Waals surface area contributed by atoms with Crippen LogP contribution >= 0.6 is 0 Å². The molecule has 0 saturated carbocycles. The fourth-order valence-electron chi connectivity index (χ4n) is 3.18. The molecular formula is C21H22FNO4. The van der Waals surface area contributed by atoms with Gasteiger partial charge in [0.2, 0.25) is 0 Å². The van der Waals surface area contributed by atoms with Gasteiger partial charge in [-0.25, -0.2) is 4.39 Å². The third-order valence-electron chi connectivity index (χ3n) is 4.80. The number of Topliss-reactive ketones (excluding diaryl/α,β-unsaturated/α-hetero) is 2. The Morgan fingerprint density at radius 3 is 2.41 bits per heavy atom. The number of carbonyl (C=O) groups is 2. The predicted molar refractivity (Wildman–Crippen MR) is 98.6 cm³/mol. The lowest BCUT2D eigenvalue weighted by atomic mass is 9.85. The molecule has 0 saturated heterocycles. The van der Waals surface area contributed by atoms with Gasteiger partial charge in [0, 0.05) is 16.7 Å². The molecule has 0 radical (unpaired) electrons. The van der Waals surface area contributed by atoms with Gasteiger partial charge >= 0.3 is 0 Å². The number of rotatable bonds is 5. The first kappa shape index (κ1) is 19.2. The van der Waals surface area contributed by atoms with Crippen LogP contribution in [0.5, 0.6) is 5.75 Å². The number of aliphatic hydroxyl groups is 1. The minimum atomic E-state index is -0.937. The summed E-state index contributed by atoms with van der Waals surface area (Å²) in [5.74, 6) is -0.178. The van der Waals surface area contributed by atoms with Crippen LogP contribution in [0.15, 0.2) is 42.5 Å². The maximum Gasteiger partial charge on any atom is 0.176 e. The minimum Gasteiger partial charge on any atom is -0.485 e. The van der Waals surface area contributed by atoms with Crippen LogP contribution in [0.25, 0.3) is 0 Å². The van der Waals surface area contributed by atoms with Crippen LogP contribution < -0.4 is 10.1 Å². The Hall–Kier alpha value is -2.57. The summed E-state index contributed by atoms with van der Waals surface area (Å²) in [5.41, 5.74) is 0.631. The van der Waals surface area contributed by atoms with Gasteiger partial charge < -0.3 is 15.2 Å². The molecule has 0 aromatic heterocycles. The zero-order chi connectivity index (χ0) is 19.8. The molecule has 2 N–H and O–H groups in total. The van der Waals surface area contributed by atoms with Crippen LogP contribution in [0.2, 0.25) is 0 Å². The maximum absolute atomic E-state index is 13.0. The molecule has 5 nitrogen and oxygen atoms in total. The topological polar surface area (TPSA) is 75.6 Å². The van der Waals surface area contributed by atoms with Gasteiger partial charge in [0.05, 0.1) is 12.6 Å². The largest absolute Gasteiger partial charge is 0.485 e. The van der Waals surface area contributed by atoms with E-state index in [0.29, 0.717) is 22.4 Å². The first-order valence-electron chi connectivity index (χ1n) is 8.73. The van der Waals surface area contributed by atoms with E-state index in [1.54, 1.807) is 32.0 Å². The first-order valence-corrected chi connectivity index (χ1v) is 8.73. The van der Waals surface area contributed by atoms with E-state index in [1.165, 1.54) is 31.2 Å². The highest BCUT2D eigenvalue weighted by atomic mass is 19.1. The molecule has 0 unspecified atom stereocenters. The van der Waals surface area contributed by atoms with Crippen molar-refractivity contribution in [3.63, 3.8) is 0 Å². The molecule has 2 aromatic carbocycles. The lowest BCUT2D eigenvalue weighted by Gasteiger charge is -2.42. The van der Waals surface area contributed by atoms with Gasteiger partial charge in [-0.15, -0.1) is 0 Å². The second-order valence-electron chi connectivity index (χ2n) is 7.25. The first-order chi connectivity index (χ1) is 12.7. The van der Waals surface area contributed by atoms with E-state index < -0.39 is 23.6 Å². The fourth-order valence-corrected chi connectivity index (χ4v) is 3.18. The SMILES string of the molecule is CC(=O)c1ccc2c(c1)[C@@H](NCC(=O)c1ccc(F)cc1)[C@H](O)C(C)(C)O2. The van der Waals surface area contributed by atoms with E-state index in [4.69, 9.17) is 4.74 Å². The van der Waals surface area contributed by atoms with Crippen LogP contribution in [-0.2, 0) is 0 Å². The smallest absolute Gasteiger partial charge is 0.176 e. The van der Waals surface area contributed by atoms with Gasteiger partial charge in [-0.05, 0) is 63.2 Å². The van der Waals surface area contributed by atoms with E-state index >= 15 is 0 Å². The van der Waals surface area contributed by atoms with Crippen molar-refractivity contribution in [1.82, 2.24) is 5.32 Å². The second kappa shape index (κ2) is 7.21. The van der Waals surface area contributed by atoms with Crippen LogP contribution in [0.1, 0.15) is 53.1 Å².